The fourth-order valence-electron chi connectivity index (χ4n) is 1.55. The lowest BCUT2D eigenvalue weighted by Crippen LogP contribution is -2.13. The Hall–Kier alpha value is -2.36. The van der Waals surface area contributed by atoms with Gasteiger partial charge in [-0.05, 0) is 49.2 Å². The van der Waals surface area contributed by atoms with E-state index < -0.39 is 0 Å². The minimum absolute atomic E-state index is 0.186. The van der Waals surface area contributed by atoms with Crippen LogP contribution in [0, 0.1) is 13.8 Å². The highest BCUT2D eigenvalue weighted by molar-refractivity contribution is 6.04. The number of nitrogens with two attached hydrogens (primary N) is 1. The zero-order valence-corrected chi connectivity index (χ0v) is 10.4. The lowest BCUT2D eigenvalue weighted by molar-refractivity contribution is 0.102. The van der Waals surface area contributed by atoms with Gasteiger partial charge in [-0.1, -0.05) is 6.07 Å². The van der Waals surface area contributed by atoms with Crippen molar-refractivity contribution >= 4 is 17.4 Å². The summed E-state index contributed by atoms with van der Waals surface area (Å²) in [6.07, 6.45) is 1.71. The summed E-state index contributed by atoms with van der Waals surface area (Å²) in [6, 6.07) is 8.87. The van der Waals surface area contributed by atoms with Crippen LogP contribution in [0.25, 0.3) is 0 Å². The van der Waals surface area contributed by atoms with E-state index in [1.807, 2.05) is 19.9 Å². The third kappa shape index (κ3) is 2.66. The fourth-order valence-corrected chi connectivity index (χ4v) is 1.55. The van der Waals surface area contributed by atoms with Gasteiger partial charge in [0.25, 0.3) is 5.91 Å². The molecular weight excluding hydrogens is 226 g/mol. The van der Waals surface area contributed by atoms with Crippen molar-refractivity contribution in [2.75, 3.05) is 11.1 Å². The van der Waals surface area contributed by atoms with E-state index in [9.17, 15) is 4.79 Å². The number of carbonyl (C=O) groups is 1. The van der Waals surface area contributed by atoms with Gasteiger partial charge in [-0.15, -0.1) is 0 Å². The Morgan fingerprint density at radius 3 is 2.61 bits per heavy atom. The standard InChI is InChI=1S/C14H15N3O/c1-9-3-6-13(16-8-9)17-14(18)11-4-5-12(15)10(2)7-11/h3-8H,15H2,1-2H3,(H,16,17,18). The second-order valence-corrected chi connectivity index (χ2v) is 4.25. The van der Waals surface area contributed by atoms with Gasteiger partial charge in [0, 0.05) is 17.4 Å². The molecule has 0 spiro atoms. The molecule has 0 fully saturated rings. The first kappa shape index (κ1) is 12.1. The van der Waals surface area contributed by atoms with Crippen LogP contribution in [-0.4, -0.2) is 10.9 Å². The van der Waals surface area contributed by atoms with Gasteiger partial charge in [-0.3, -0.25) is 4.79 Å². The third-order valence-corrected chi connectivity index (χ3v) is 2.68. The van der Waals surface area contributed by atoms with E-state index in [1.54, 1.807) is 30.5 Å². The van der Waals surface area contributed by atoms with Gasteiger partial charge < -0.3 is 11.1 Å². The summed E-state index contributed by atoms with van der Waals surface area (Å²) in [5.41, 5.74) is 8.91. The number of hydrogen-bond acceptors (Lipinski definition) is 3. The average molecular weight is 241 g/mol. The molecule has 0 aliphatic rings. The number of amides is 1. The van der Waals surface area contributed by atoms with Gasteiger partial charge in [-0.2, -0.15) is 0 Å². The fraction of sp³-hybridized carbons (Fsp3) is 0.143. The van der Waals surface area contributed by atoms with Crippen molar-refractivity contribution in [2.45, 2.75) is 13.8 Å². The number of nitrogen functional groups attached to an aromatic ring is 1. The van der Waals surface area contributed by atoms with E-state index in [0.717, 1.165) is 11.1 Å². The van der Waals surface area contributed by atoms with Crippen LogP contribution in [0.4, 0.5) is 11.5 Å². The molecule has 1 aromatic heterocycles. The number of benzene rings is 1. The Morgan fingerprint density at radius 2 is 2.00 bits per heavy atom. The number of aromatic nitrogens is 1. The first-order valence-corrected chi connectivity index (χ1v) is 5.66. The molecule has 0 radical (unpaired) electrons. The summed E-state index contributed by atoms with van der Waals surface area (Å²) in [6.45, 7) is 3.82. The van der Waals surface area contributed by atoms with E-state index in [-0.39, 0.29) is 5.91 Å². The maximum absolute atomic E-state index is 12.0. The summed E-state index contributed by atoms with van der Waals surface area (Å²) in [4.78, 5) is 16.1. The number of nitrogens with one attached hydrogen (secondary N) is 1. The van der Waals surface area contributed by atoms with E-state index >= 15 is 0 Å². The van der Waals surface area contributed by atoms with Crippen molar-refractivity contribution in [3.63, 3.8) is 0 Å². The monoisotopic (exact) mass is 241 g/mol. The van der Waals surface area contributed by atoms with Crippen molar-refractivity contribution in [1.29, 1.82) is 0 Å². The van der Waals surface area contributed by atoms with Gasteiger partial charge in [-0.25, -0.2) is 4.98 Å². The maximum Gasteiger partial charge on any atom is 0.256 e. The molecule has 0 unspecified atom stereocenters. The third-order valence-electron chi connectivity index (χ3n) is 2.68. The largest absolute Gasteiger partial charge is 0.399 e. The molecule has 0 saturated carbocycles. The van der Waals surface area contributed by atoms with E-state index in [1.165, 1.54) is 0 Å². The molecule has 1 amide bonds. The van der Waals surface area contributed by atoms with Gasteiger partial charge >= 0.3 is 0 Å². The van der Waals surface area contributed by atoms with Crippen LogP contribution >= 0.6 is 0 Å². The zero-order chi connectivity index (χ0) is 13.1. The van der Waals surface area contributed by atoms with Crippen molar-refractivity contribution in [3.8, 4) is 0 Å². The van der Waals surface area contributed by atoms with E-state index in [2.05, 4.69) is 10.3 Å². The van der Waals surface area contributed by atoms with Crippen LogP contribution in [0.3, 0.4) is 0 Å². The van der Waals surface area contributed by atoms with Gasteiger partial charge in [0.05, 0.1) is 0 Å². The molecule has 18 heavy (non-hydrogen) atoms. The molecule has 4 heteroatoms. The van der Waals surface area contributed by atoms with Crippen LogP contribution in [0.5, 0.6) is 0 Å². The van der Waals surface area contributed by atoms with Crippen molar-refractivity contribution in [1.82, 2.24) is 4.98 Å². The Kier molecular flexibility index (Phi) is 3.28. The van der Waals surface area contributed by atoms with E-state index in [0.29, 0.717) is 17.1 Å². The van der Waals surface area contributed by atoms with Gasteiger partial charge in [0.15, 0.2) is 0 Å². The number of hydrogen-bond donors (Lipinski definition) is 2. The quantitative estimate of drug-likeness (QED) is 0.794. The molecule has 0 aliphatic carbocycles. The summed E-state index contributed by atoms with van der Waals surface area (Å²) in [7, 11) is 0. The van der Waals surface area contributed by atoms with Gasteiger partial charge in [0.2, 0.25) is 0 Å². The number of nitrogens with zero attached hydrogens (tertiary/aromatic N) is 1. The van der Waals surface area contributed by atoms with Crippen LogP contribution in [0.1, 0.15) is 21.5 Å². The minimum Gasteiger partial charge on any atom is -0.399 e. The topological polar surface area (TPSA) is 68.0 Å². The van der Waals surface area contributed by atoms with Crippen LogP contribution in [0.15, 0.2) is 36.5 Å². The van der Waals surface area contributed by atoms with Crippen LogP contribution in [0.2, 0.25) is 0 Å². The zero-order valence-electron chi connectivity index (χ0n) is 10.4. The van der Waals surface area contributed by atoms with Crippen molar-refractivity contribution < 1.29 is 4.79 Å². The van der Waals surface area contributed by atoms with Gasteiger partial charge in [0.1, 0.15) is 5.82 Å². The first-order valence-electron chi connectivity index (χ1n) is 5.66. The Bertz CT molecular complexity index is 576. The number of rotatable bonds is 2. The highest BCUT2D eigenvalue weighted by Gasteiger charge is 2.07. The highest BCUT2D eigenvalue weighted by atomic mass is 16.1. The first-order chi connectivity index (χ1) is 8.56. The van der Waals surface area contributed by atoms with Crippen LogP contribution in [-0.2, 0) is 0 Å². The number of carbonyl (C=O) groups excluding carboxylic acids is 1. The molecule has 1 aromatic carbocycles. The predicted octanol–water partition coefficient (Wildman–Crippen LogP) is 2.53. The molecule has 4 nitrogen and oxygen atoms in total. The molecular formula is C14H15N3O. The normalized spacial score (nSPS) is 10.1. The predicted molar refractivity (Wildman–Crippen MR) is 72.5 cm³/mol. The average Bonchev–Trinajstić information content (AvgIpc) is 2.35. The van der Waals surface area contributed by atoms with Crippen molar-refractivity contribution in [3.05, 3.63) is 53.2 Å². The molecule has 0 bridgehead atoms. The van der Waals surface area contributed by atoms with E-state index in [4.69, 9.17) is 5.73 Å². The molecule has 0 aliphatic heterocycles. The Balaban J connectivity index is 2.16. The molecule has 3 N–H and O–H groups in total. The second kappa shape index (κ2) is 4.87. The summed E-state index contributed by atoms with van der Waals surface area (Å²) >= 11 is 0. The Morgan fingerprint density at radius 1 is 1.22 bits per heavy atom. The molecule has 92 valence electrons. The summed E-state index contributed by atoms with van der Waals surface area (Å²) < 4.78 is 0. The second-order valence-electron chi connectivity index (χ2n) is 4.25. The lowest BCUT2D eigenvalue weighted by Gasteiger charge is -2.06. The molecule has 2 aromatic rings. The molecule has 2 rings (SSSR count). The highest BCUT2D eigenvalue weighted by Crippen LogP contribution is 2.14. The molecule has 0 atom stereocenters. The smallest absolute Gasteiger partial charge is 0.256 e. The number of pyridine rings is 1. The SMILES string of the molecule is Cc1ccc(NC(=O)c2ccc(N)c(C)c2)nc1. The maximum atomic E-state index is 12.0. The van der Waals surface area contributed by atoms with Crippen molar-refractivity contribution in [2.24, 2.45) is 0 Å². The summed E-state index contributed by atoms with van der Waals surface area (Å²) in [5.74, 6) is 0.356. The number of anilines is 2. The number of aryl methyl sites for hydroxylation is 2. The molecule has 0 saturated heterocycles. The molecule has 1 heterocycles. The van der Waals surface area contributed by atoms with Crippen LogP contribution < -0.4 is 11.1 Å². The summed E-state index contributed by atoms with van der Waals surface area (Å²) in [5, 5.41) is 2.74. The lowest BCUT2D eigenvalue weighted by atomic mass is 10.1. The Labute approximate surface area is 106 Å². The minimum atomic E-state index is -0.186.